The Bertz CT molecular complexity index is 322. The maximum atomic E-state index is 11.5. The molecule has 0 aromatic carbocycles. The van der Waals surface area contributed by atoms with E-state index in [0.29, 0.717) is 18.8 Å². The SMILES string of the molecule is C=CC[C@H](OC)[C@@H](CCC1CC1)S(N)(=O)=O. The minimum atomic E-state index is -3.54. The number of methoxy groups -OCH3 is 1. The minimum absolute atomic E-state index is 0.369. The summed E-state index contributed by atoms with van der Waals surface area (Å²) in [5.41, 5.74) is 0. The Morgan fingerprint density at radius 1 is 1.56 bits per heavy atom. The highest BCUT2D eigenvalue weighted by Gasteiger charge is 2.32. The van der Waals surface area contributed by atoms with E-state index < -0.39 is 15.3 Å². The molecule has 1 fully saturated rings. The number of hydrogen-bond donors (Lipinski definition) is 1. The molecule has 0 heterocycles. The Kier molecular flexibility index (Phi) is 4.95. The van der Waals surface area contributed by atoms with Gasteiger partial charge in [0.1, 0.15) is 5.25 Å². The molecule has 1 aliphatic carbocycles. The molecule has 94 valence electrons. The van der Waals surface area contributed by atoms with Gasteiger partial charge >= 0.3 is 0 Å². The fourth-order valence-corrected chi connectivity index (χ4v) is 3.04. The molecule has 0 spiro atoms. The molecule has 0 saturated heterocycles. The van der Waals surface area contributed by atoms with E-state index in [4.69, 9.17) is 9.88 Å². The first-order valence-corrected chi connectivity index (χ1v) is 7.25. The van der Waals surface area contributed by atoms with Gasteiger partial charge in [0.2, 0.25) is 10.0 Å². The van der Waals surface area contributed by atoms with Gasteiger partial charge in [-0.2, -0.15) is 0 Å². The summed E-state index contributed by atoms with van der Waals surface area (Å²) >= 11 is 0. The van der Waals surface area contributed by atoms with E-state index in [1.54, 1.807) is 6.08 Å². The van der Waals surface area contributed by atoms with E-state index in [9.17, 15) is 8.42 Å². The van der Waals surface area contributed by atoms with Gasteiger partial charge in [0.25, 0.3) is 0 Å². The van der Waals surface area contributed by atoms with Crippen molar-refractivity contribution in [1.82, 2.24) is 0 Å². The Labute approximate surface area is 97.9 Å². The van der Waals surface area contributed by atoms with Crippen LogP contribution in [0.1, 0.15) is 32.1 Å². The standard InChI is InChI=1S/C11H21NO3S/c1-3-4-10(15-2)11(16(12,13)14)8-7-9-5-6-9/h3,9-11H,1,4-8H2,2H3,(H2,12,13,14)/t10-,11+/m0/s1. The van der Waals surface area contributed by atoms with Crippen LogP contribution in [0.25, 0.3) is 0 Å². The van der Waals surface area contributed by atoms with Crippen LogP contribution in [-0.4, -0.2) is 26.9 Å². The molecule has 1 saturated carbocycles. The Hall–Kier alpha value is -0.390. The van der Waals surface area contributed by atoms with Crippen molar-refractivity contribution in [3.05, 3.63) is 12.7 Å². The molecular formula is C11H21NO3S. The zero-order valence-corrected chi connectivity index (χ0v) is 10.6. The normalized spacial score (nSPS) is 20.4. The Morgan fingerprint density at radius 2 is 2.19 bits per heavy atom. The summed E-state index contributed by atoms with van der Waals surface area (Å²) in [6, 6.07) is 0. The largest absolute Gasteiger partial charge is 0.380 e. The van der Waals surface area contributed by atoms with Crippen LogP contribution < -0.4 is 5.14 Å². The summed E-state index contributed by atoms with van der Waals surface area (Å²) in [4.78, 5) is 0. The smallest absolute Gasteiger partial charge is 0.214 e. The number of sulfonamides is 1. The Balaban J connectivity index is 2.62. The van der Waals surface area contributed by atoms with E-state index >= 15 is 0 Å². The van der Waals surface area contributed by atoms with Crippen LogP contribution in [-0.2, 0) is 14.8 Å². The highest BCUT2D eigenvalue weighted by Crippen LogP contribution is 2.35. The van der Waals surface area contributed by atoms with Crippen molar-refractivity contribution in [3.63, 3.8) is 0 Å². The van der Waals surface area contributed by atoms with Gasteiger partial charge in [0.15, 0.2) is 0 Å². The van der Waals surface area contributed by atoms with Crippen molar-refractivity contribution in [2.45, 2.75) is 43.5 Å². The molecule has 5 heteroatoms. The average molecular weight is 247 g/mol. The van der Waals surface area contributed by atoms with E-state index in [1.807, 2.05) is 0 Å². The van der Waals surface area contributed by atoms with Gasteiger partial charge in [-0.15, -0.1) is 6.58 Å². The van der Waals surface area contributed by atoms with Gasteiger partial charge in [0, 0.05) is 7.11 Å². The first-order valence-electron chi connectivity index (χ1n) is 5.64. The lowest BCUT2D eigenvalue weighted by Gasteiger charge is -2.23. The third kappa shape index (κ3) is 4.23. The van der Waals surface area contributed by atoms with Crippen LogP contribution in [0.4, 0.5) is 0 Å². The molecule has 0 aromatic heterocycles. The topological polar surface area (TPSA) is 69.4 Å². The van der Waals surface area contributed by atoms with Gasteiger partial charge in [-0.1, -0.05) is 18.9 Å². The predicted molar refractivity (Wildman–Crippen MR) is 64.5 cm³/mol. The lowest BCUT2D eigenvalue weighted by Crippen LogP contribution is -2.39. The lowest BCUT2D eigenvalue weighted by atomic mass is 10.1. The second-order valence-electron chi connectivity index (χ2n) is 4.45. The molecule has 2 atom stereocenters. The van der Waals surface area contributed by atoms with Crippen molar-refractivity contribution in [2.75, 3.05) is 7.11 Å². The van der Waals surface area contributed by atoms with Gasteiger partial charge in [0.05, 0.1) is 6.10 Å². The zero-order valence-electron chi connectivity index (χ0n) is 9.76. The molecule has 1 aliphatic rings. The molecule has 4 nitrogen and oxygen atoms in total. The summed E-state index contributed by atoms with van der Waals surface area (Å²) in [5, 5.41) is 4.65. The van der Waals surface area contributed by atoms with Crippen molar-refractivity contribution in [1.29, 1.82) is 0 Å². The van der Waals surface area contributed by atoms with Crippen LogP contribution in [0.3, 0.4) is 0 Å². The van der Waals surface area contributed by atoms with Gasteiger partial charge in [-0.05, 0) is 25.2 Å². The van der Waals surface area contributed by atoms with Crippen molar-refractivity contribution < 1.29 is 13.2 Å². The monoisotopic (exact) mass is 247 g/mol. The first-order chi connectivity index (χ1) is 7.49. The molecule has 0 radical (unpaired) electrons. The molecule has 0 amide bonds. The maximum absolute atomic E-state index is 11.5. The molecule has 0 aliphatic heterocycles. The molecule has 0 aromatic rings. The van der Waals surface area contributed by atoms with Gasteiger partial charge < -0.3 is 4.74 Å². The lowest BCUT2D eigenvalue weighted by molar-refractivity contribution is 0.0976. The summed E-state index contributed by atoms with van der Waals surface area (Å²) < 4.78 is 28.2. The fourth-order valence-electron chi connectivity index (χ4n) is 1.93. The highest BCUT2D eigenvalue weighted by molar-refractivity contribution is 7.89. The minimum Gasteiger partial charge on any atom is -0.380 e. The highest BCUT2D eigenvalue weighted by atomic mass is 32.2. The number of hydrogen-bond acceptors (Lipinski definition) is 3. The number of nitrogens with two attached hydrogens (primary N) is 1. The average Bonchev–Trinajstić information content (AvgIpc) is 2.98. The fraction of sp³-hybridized carbons (Fsp3) is 0.818. The summed E-state index contributed by atoms with van der Waals surface area (Å²) in [5.74, 6) is 0.700. The second kappa shape index (κ2) is 5.80. The van der Waals surface area contributed by atoms with E-state index in [-0.39, 0.29) is 6.10 Å². The van der Waals surface area contributed by atoms with Crippen LogP contribution in [0.15, 0.2) is 12.7 Å². The van der Waals surface area contributed by atoms with Crippen molar-refractivity contribution in [2.24, 2.45) is 11.1 Å². The molecule has 2 N–H and O–H groups in total. The van der Waals surface area contributed by atoms with Crippen LogP contribution in [0, 0.1) is 5.92 Å². The van der Waals surface area contributed by atoms with Crippen molar-refractivity contribution >= 4 is 10.0 Å². The molecule has 16 heavy (non-hydrogen) atoms. The van der Waals surface area contributed by atoms with E-state index in [0.717, 1.165) is 6.42 Å². The third-order valence-corrected chi connectivity index (χ3v) is 4.48. The molecular weight excluding hydrogens is 226 g/mol. The third-order valence-electron chi connectivity index (χ3n) is 3.09. The quantitative estimate of drug-likeness (QED) is 0.660. The molecule has 1 rings (SSSR count). The number of primary sulfonamides is 1. The van der Waals surface area contributed by atoms with Gasteiger partial charge in [-0.25, -0.2) is 13.6 Å². The van der Waals surface area contributed by atoms with E-state index in [2.05, 4.69) is 6.58 Å². The zero-order chi connectivity index (χ0) is 12.2. The van der Waals surface area contributed by atoms with Crippen LogP contribution in [0.2, 0.25) is 0 Å². The summed E-state index contributed by atoms with van der Waals surface area (Å²) in [7, 11) is -2.02. The predicted octanol–water partition coefficient (Wildman–Crippen LogP) is 1.42. The number of rotatable bonds is 8. The Morgan fingerprint density at radius 3 is 2.56 bits per heavy atom. The van der Waals surface area contributed by atoms with Crippen LogP contribution >= 0.6 is 0 Å². The second-order valence-corrected chi connectivity index (χ2v) is 6.23. The summed E-state index contributed by atoms with van der Waals surface area (Å²) in [6.07, 6.45) is 5.78. The van der Waals surface area contributed by atoms with E-state index in [1.165, 1.54) is 20.0 Å². The summed E-state index contributed by atoms with van der Waals surface area (Å²) in [6.45, 7) is 3.60. The van der Waals surface area contributed by atoms with Crippen molar-refractivity contribution in [3.8, 4) is 0 Å². The van der Waals surface area contributed by atoms with Crippen LogP contribution in [0.5, 0.6) is 0 Å². The molecule has 0 unspecified atom stereocenters. The maximum Gasteiger partial charge on any atom is 0.214 e. The first kappa shape index (κ1) is 13.7. The molecule has 0 bridgehead atoms. The number of ether oxygens (including phenoxy) is 1. The van der Waals surface area contributed by atoms with Gasteiger partial charge in [-0.3, -0.25) is 0 Å².